The summed E-state index contributed by atoms with van der Waals surface area (Å²) in [6.07, 6.45) is 8.17. The Kier molecular flexibility index (Phi) is 4.00. The van der Waals surface area contributed by atoms with Gasteiger partial charge in [-0.25, -0.2) is 0 Å². The maximum atomic E-state index is 12.2. The standard InChI is InChI=1S/C14H25N3O4S2/c18-22(19,15-13-7-9-1-3-11(13)5-9)17-23(20,21)16-14-8-10-2-4-12(14)6-10/h9-17H,1-8H2/t9-,10+,11+,12-,13-,14+. The fraction of sp³-hybridized carbons (Fsp3) is 1.00. The largest absolute Gasteiger partial charge is 0.291 e. The van der Waals surface area contributed by atoms with Gasteiger partial charge in [-0.2, -0.15) is 26.3 Å². The molecular formula is C14H25N3O4S2. The fourth-order valence-electron chi connectivity index (χ4n) is 5.37. The van der Waals surface area contributed by atoms with E-state index in [4.69, 9.17) is 0 Å². The Hall–Kier alpha value is -0.220. The quantitative estimate of drug-likeness (QED) is 0.643. The molecular weight excluding hydrogens is 338 g/mol. The van der Waals surface area contributed by atoms with Crippen molar-refractivity contribution in [3.05, 3.63) is 0 Å². The minimum atomic E-state index is -4.05. The van der Waals surface area contributed by atoms with Gasteiger partial charge in [0, 0.05) is 12.1 Å². The molecule has 23 heavy (non-hydrogen) atoms. The van der Waals surface area contributed by atoms with Crippen LogP contribution in [-0.4, -0.2) is 28.9 Å². The predicted octanol–water partition coefficient (Wildman–Crippen LogP) is 0.622. The average molecular weight is 364 g/mol. The van der Waals surface area contributed by atoms with Gasteiger partial charge in [0.25, 0.3) is 20.4 Å². The molecule has 0 spiro atoms. The van der Waals surface area contributed by atoms with Crippen molar-refractivity contribution in [3.63, 3.8) is 0 Å². The predicted molar refractivity (Wildman–Crippen MR) is 85.7 cm³/mol. The number of rotatable bonds is 6. The Morgan fingerprint density at radius 2 is 1.04 bits per heavy atom. The van der Waals surface area contributed by atoms with Gasteiger partial charge in [-0.05, 0) is 62.2 Å². The SMILES string of the molecule is O=S(=O)(N[C@H]1C[C@H]2CC[C@@H]1C2)NS(=O)(=O)N[C@@H]1C[C@@H]2CC[C@H]1C2. The molecule has 132 valence electrons. The summed E-state index contributed by atoms with van der Waals surface area (Å²) in [6.45, 7) is 0. The van der Waals surface area contributed by atoms with E-state index in [0.717, 1.165) is 38.5 Å². The van der Waals surface area contributed by atoms with Crippen molar-refractivity contribution in [2.24, 2.45) is 23.7 Å². The molecule has 6 atom stereocenters. The van der Waals surface area contributed by atoms with Crippen LogP contribution in [0, 0.1) is 23.7 Å². The summed E-state index contributed by atoms with van der Waals surface area (Å²) in [4.78, 5) is 0. The van der Waals surface area contributed by atoms with E-state index in [1.807, 2.05) is 4.13 Å². The van der Waals surface area contributed by atoms with Gasteiger partial charge in [-0.3, -0.25) is 0 Å². The van der Waals surface area contributed by atoms with E-state index in [1.165, 1.54) is 12.8 Å². The monoisotopic (exact) mass is 363 g/mol. The van der Waals surface area contributed by atoms with Crippen molar-refractivity contribution in [2.45, 2.75) is 63.5 Å². The third-order valence-corrected chi connectivity index (χ3v) is 9.29. The summed E-state index contributed by atoms with van der Waals surface area (Å²) in [5.74, 6) is 1.91. The number of hydrogen-bond donors (Lipinski definition) is 3. The van der Waals surface area contributed by atoms with Crippen molar-refractivity contribution in [3.8, 4) is 0 Å². The molecule has 4 rings (SSSR count). The first-order valence-corrected chi connectivity index (χ1v) is 11.6. The van der Waals surface area contributed by atoms with E-state index < -0.39 is 20.4 Å². The van der Waals surface area contributed by atoms with Crippen LogP contribution in [0.15, 0.2) is 0 Å². The van der Waals surface area contributed by atoms with E-state index in [0.29, 0.717) is 23.7 Å². The molecule has 4 bridgehead atoms. The zero-order chi connectivity index (χ0) is 16.2. The molecule has 0 aromatic carbocycles. The zero-order valence-electron chi connectivity index (χ0n) is 13.1. The second kappa shape index (κ2) is 5.66. The highest BCUT2D eigenvalue weighted by atomic mass is 32.3. The van der Waals surface area contributed by atoms with Crippen LogP contribution in [0.2, 0.25) is 0 Å². The van der Waals surface area contributed by atoms with Crippen LogP contribution < -0.4 is 13.6 Å². The van der Waals surface area contributed by atoms with Crippen LogP contribution in [0.5, 0.6) is 0 Å². The zero-order valence-corrected chi connectivity index (χ0v) is 14.7. The van der Waals surface area contributed by atoms with Crippen molar-refractivity contribution < 1.29 is 16.8 Å². The molecule has 0 aromatic heterocycles. The Labute approximate surface area is 138 Å². The third kappa shape index (κ3) is 3.44. The molecule has 0 unspecified atom stereocenters. The first-order valence-electron chi connectivity index (χ1n) is 8.63. The molecule has 4 aliphatic carbocycles. The number of hydrogen-bond acceptors (Lipinski definition) is 4. The van der Waals surface area contributed by atoms with Gasteiger partial charge >= 0.3 is 0 Å². The smallest absolute Gasteiger partial charge is 0.198 e. The van der Waals surface area contributed by atoms with Gasteiger partial charge in [-0.1, -0.05) is 17.0 Å². The van der Waals surface area contributed by atoms with E-state index in [1.54, 1.807) is 0 Å². The lowest BCUT2D eigenvalue weighted by molar-refractivity contribution is 0.386. The molecule has 7 nitrogen and oxygen atoms in total. The Morgan fingerprint density at radius 3 is 1.35 bits per heavy atom. The maximum absolute atomic E-state index is 12.2. The fourth-order valence-corrected chi connectivity index (χ4v) is 8.28. The van der Waals surface area contributed by atoms with Crippen LogP contribution in [0.25, 0.3) is 0 Å². The van der Waals surface area contributed by atoms with Crippen LogP contribution in [0.4, 0.5) is 0 Å². The summed E-state index contributed by atoms with van der Waals surface area (Å²) in [5.41, 5.74) is 0. The molecule has 0 heterocycles. The second-order valence-corrected chi connectivity index (χ2v) is 11.0. The third-order valence-electron chi connectivity index (χ3n) is 6.31. The average Bonchev–Trinajstić information content (AvgIpc) is 3.15. The first kappa shape index (κ1) is 16.3. The lowest BCUT2D eigenvalue weighted by Gasteiger charge is -2.25. The van der Waals surface area contributed by atoms with E-state index in [2.05, 4.69) is 9.44 Å². The highest BCUT2D eigenvalue weighted by molar-refractivity contribution is 8.02. The van der Waals surface area contributed by atoms with Crippen molar-refractivity contribution in [2.75, 3.05) is 0 Å². The summed E-state index contributed by atoms with van der Waals surface area (Å²) in [5, 5.41) is 0. The molecule has 4 aliphatic rings. The van der Waals surface area contributed by atoms with Crippen molar-refractivity contribution >= 4 is 20.4 Å². The van der Waals surface area contributed by atoms with Crippen LogP contribution in [0.1, 0.15) is 51.4 Å². The molecule has 4 fully saturated rings. The highest BCUT2D eigenvalue weighted by Gasteiger charge is 2.43. The van der Waals surface area contributed by atoms with Gasteiger partial charge in [-0.15, -0.1) is 0 Å². The molecule has 0 aromatic rings. The van der Waals surface area contributed by atoms with Crippen molar-refractivity contribution in [1.82, 2.24) is 13.6 Å². The van der Waals surface area contributed by atoms with E-state index >= 15 is 0 Å². The van der Waals surface area contributed by atoms with E-state index in [-0.39, 0.29) is 12.1 Å². The molecule has 0 radical (unpaired) electrons. The minimum Gasteiger partial charge on any atom is -0.198 e. The lowest BCUT2D eigenvalue weighted by Crippen LogP contribution is -2.52. The maximum Gasteiger partial charge on any atom is 0.291 e. The van der Waals surface area contributed by atoms with Crippen molar-refractivity contribution in [1.29, 1.82) is 0 Å². The Morgan fingerprint density at radius 1 is 0.609 bits per heavy atom. The topological polar surface area (TPSA) is 104 Å². The number of fused-ring (bicyclic) bond motifs is 4. The Bertz CT molecular complexity index is 620. The first-order chi connectivity index (χ1) is 10.8. The van der Waals surface area contributed by atoms with Crippen LogP contribution in [-0.2, 0) is 20.4 Å². The lowest BCUT2D eigenvalue weighted by atomic mass is 9.96. The van der Waals surface area contributed by atoms with Gasteiger partial charge in [0.1, 0.15) is 0 Å². The highest BCUT2D eigenvalue weighted by Crippen LogP contribution is 2.45. The summed E-state index contributed by atoms with van der Waals surface area (Å²) >= 11 is 0. The minimum absolute atomic E-state index is 0.121. The van der Waals surface area contributed by atoms with Crippen LogP contribution >= 0.6 is 0 Å². The van der Waals surface area contributed by atoms with Gasteiger partial charge in [0.05, 0.1) is 0 Å². The molecule has 0 amide bonds. The summed E-state index contributed by atoms with van der Waals surface area (Å²) in [6, 6.07) is -0.243. The second-order valence-electron chi connectivity index (χ2n) is 7.89. The van der Waals surface area contributed by atoms with E-state index in [9.17, 15) is 16.8 Å². The molecule has 0 aliphatic heterocycles. The molecule has 4 saturated carbocycles. The van der Waals surface area contributed by atoms with Gasteiger partial charge < -0.3 is 0 Å². The Balaban J connectivity index is 1.36. The van der Waals surface area contributed by atoms with Gasteiger partial charge in [0.2, 0.25) is 0 Å². The molecule has 0 saturated heterocycles. The number of nitrogens with one attached hydrogen (secondary N) is 3. The summed E-state index contributed by atoms with van der Waals surface area (Å²) < 4.78 is 55.6. The molecule has 3 N–H and O–H groups in total. The van der Waals surface area contributed by atoms with Crippen LogP contribution in [0.3, 0.4) is 0 Å². The molecule has 9 heteroatoms. The normalized spacial score (nSPS) is 42.6. The van der Waals surface area contributed by atoms with Gasteiger partial charge in [0.15, 0.2) is 0 Å². The summed E-state index contributed by atoms with van der Waals surface area (Å²) in [7, 11) is -8.10.